The second-order valence-corrected chi connectivity index (χ2v) is 9.22. The zero-order chi connectivity index (χ0) is 23.7. The molecule has 3 aromatic rings. The number of aromatic nitrogens is 1. The van der Waals surface area contributed by atoms with Crippen molar-refractivity contribution in [3.05, 3.63) is 93.4 Å². The van der Waals surface area contributed by atoms with E-state index in [1.165, 1.54) is 30.3 Å². The first kappa shape index (κ1) is 23.6. The third-order valence-electron chi connectivity index (χ3n) is 4.45. The van der Waals surface area contributed by atoms with E-state index in [0.717, 1.165) is 30.5 Å². The van der Waals surface area contributed by atoms with Gasteiger partial charge in [-0.2, -0.15) is 4.73 Å². The zero-order valence-corrected chi connectivity index (χ0v) is 18.0. The molecule has 1 aromatic heterocycles. The van der Waals surface area contributed by atoms with Crippen LogP contribution in [-0.2, 0) is 15.6 Å². The predicted octanol–water partition coefficient (Wildman–Crippen LogP) is 4.39. The molecule has 0 aliphatic carbocycles. The van der Waals surface area contributed by atoms with E-state index in [4.69, 9.17) is 11.6 Å². The number of ether oxygens (including phenoxy) is 1. The molecule has 0 aliphatic rings. The molecule has 0 amide bonds. The SMILES string of the molecule is Cc1ccc(C(=O)c2cc(Cl)ccc2CS(=O)(=O)c2ccc(OC(F)(F)F)cc2)c[n+]1[O-]. The molecule has 0 atom stereocenters. The number of pyridine rings is 1. The molecule has 0 unspecified atom stereocenters. The van der Waals surface area contributed by atoms with Crippen molar-refractivity contribution in [3.8, 4) is 5.75 Å². The summed E-state index contributed by atoms with van der Waals surface area (Å²) < 4.78 is 66.8. The largest absolute Gasteiger partial charge is 0.618 e. The Morgan fingerprint density at radius 1 is 1.09 bits per heavy atom. The third kappa shape index (κ3) is 5.57. The average Bonchev–Trinajstić information content (AvgIpc) is 2.70. The summed E-state index contributed by atoms with van der Waals surface area (Å²) in [5, 5.41) is 12.0. The van der Waals surface area contributed by atoms with Gasteiger partial charge in [0.2, 0.25) is 0 Å². The molecule has 0 aliphatic heterocycles. The van der Waals surface area contributed by atoms with Crippen LogP contribution >= 0.6 is 11.6 Å². The van der Waals surface area contributed by atoms with Crippen molar-refractivity contribution in [1.82, 2.24) is 0 Å². The minimum atomic E-state index is -4.91. The number of carbonyl (C=O) groups is 1. The van der Waals surface area contributed by atoms with Crippen LogP contribution in [0.4, 0.5) is 13.2 Å². The van der Waals surface area contributed by atoms with E-state index < -0.39 is 33.5 Å². The molecule has 0 radical (unpaired) electrons. The van der Waals surface area contributed by atoms with E-state index in [0.29, 0.717) is 10.4 Å². The van der Waals surface area contributed by atoms with E-state index in [-0.39, 0.29) is 26.6 Å². The molecule has 0 N–H and O–H groups in total. The lowest BCUT2D eigenvalue weighted by Gasteiger charge is -2.12. The van der Waals surface area contributed by atoms with Crippen LogP contribution in [0.2, 0.25) is 5.02 Å². The first-order valence-corrected chi connectivity index (χ1v) is 11.0. The molecular weight excluding hydrogens is 471 g/mol. The Bertz CT molecular complexity index is 1280. The van der Waals surface area contributed by atoms with Crippen LogP contribution in [0.5, 0.6) is 5.75 Å². The number of hydrogen-bond acceptors (Lipinski definition) is 5. The molecule has 0 saturated heterocycles. The van der Waals surface area contributed by atoms with Gasteiger partial charge in [0.05, 0.1) is 16.2 Å². The van der Waals surface area contributed by atoms with Crippen molar-refractivity contribution >= 4 is 27.2 Å². The predicted molar refractivity (Wildman–Crippen MR) is 109 cm³/mol. The molecule has 11 heteroatoms. The maximum atomic E-state index is 13.0. The van der Waals surface area contributed by atoms with Crippen molar-refractivity contribution in [2.45, 2.75) is 23.9 Å². The van der Waals surface area contributed by atoms with Crippen LogP contribution in [0.25, 0.3) is 0 Å². The topological polar surface area (TPSA) is 87.4 Å². The first-order valence-electron chi connectivity index (χ1n) is 8.97. The molecular formula is C21H15ClF3NO5S. The quantitative estimate of drug-likeness (QED) is 0.294. The number of benzene rings is 2. The maximum Gasteiger partial charge on any atom is 0.573 e. The lowest BCUT2D eigenvalue weighted by Crippen LogP contribution is -2.30. The number of nitrogens with zero attached hydrogens (tertiary/aromatic N) is 1. The zero-order valence-electron chi connectivity index (χ0n) is 16.4. The van der Waals surface area contributed by atoms with Crippen molar-refractivity contribution < 1.29 is 35.9 Å². The molecule has 2 aromatic carbocycles. The summed E-state index contributed by atoms with van der Waals surface area (Å²) in [6, 6.07) is 10.7. The Balaban J connectivity index is 1.93. The summed E-state index contributed by atoms with van der Waals surface area (Å²) in [5.74, 6) is -1.78. The molecule has 6 nitrogen and oxygen atoms in total. The summed E-state index contributed by atoms with van der Waals surface area (Å²) in [7, 11) is -4.04. The first-order chi connectivity index (χ1) is 14.9. The van der Waals surface area contributed by atoms with Gasteiger partial charge in [0.25, 0.3) is 0 Å². The summed E-state index contributed by atoms with van der Waals surface area (Å²) in [5.41, 5.74) is 0.517. The van der Waals surface area contributed by atoms with Gasteiger partial charge >= 0.3 is 6.36 Å². The third-order valence-corrected chi connectivity index (χ3v) is 6.37. The molecule has 168 valence electrons. The monoisotopic (exact) mass is 485 g/mol. The number of hydrogen-bond donors (Lipinski definition) is 0. The summed E-state index contributed by atoms with van der Waals surface area (Å²) in [6.07, 6.45) is -3.83. The van der Waals surface area contributed by atoms with Crippen molar-refractivity contribution in [2.24, 2.45) is 0 Å². The van der Waals surface area contributed by atoms with Crippen molar-refractivity contribution in [3.63, 3.8) is 0 Å². The van der Waals surface area contributed by atoms with E-state index >= 15 is 0 Å². The van der Waals surface area contributed by atoms with E-state index in [9.17, 15) is 31.6 Å². The van der Waals surface area contributed by atoms with E-state index in [1.54, 1.807) is 6.92 Å². The van der Waals surface area contributed by atoms with Gasteiger partial charge in [0.1, 0.15) is 5.75 Å². The second kappa shape index (κ2) is 8.79. The highest BCUT2D eigenvalue weighted by Crippen LogP contribution is 2.27. The molecule has 1 heterocycles. The highest BCUT2D eigenvalue weighted by Gasteiger charge is 2.31. The Morgan fingerprint density at radius 2 is 1.75 bits per heavy atom. The Hall–Kier alpha value is -3.11. The number of halogens is 4. The molecule has 3 rings (SSSR count). The molecule has 0 saturated carbocycles. The van der Waals surface area contributed by atoms with Crippen LogP contribution in [0, 0.1) is 12.1 Å². The summed E-state index contributed by atoms with van der Waals surface area (Å²) in [6.45, 7) is 1.56. The fourth-order valence-electron chi connectivity index (χ4n) is 2.87. The molecule has 0 fully saturated rings. The average molecular weight is 486 g/mol. The molecule has 0 spiro atoms. The fraction of sp³-hybridized carbons (Fsp3) is 0.143. The normalized spacial score (nSPS) is 11.9. The fourth-order valence-corrected chi connectivity index (χ4v) is 4.42. The Kier molecular flexibility index (Phi) is 6.47. The van der Waals surface area contributed by atoms with Gasteiger partial charge in [-0.15, -0.1) is 13.2 Å². The van der Waals surface area contributed by atoms with Crippen LogP contribution < -0.4 is 9.47 Å². The Morgan fingerprint density at radius 3 is 2.34 bits per heavy atom. The van der Waals surface area contributed by atoms with Gasteiger partial charge in [-0.05, 0) is 48.0 Å². The number of alkyl halides is 3. The number of rotatable bonds is 6. The van der Waals surface area contributed by atoms with Gasteiger partial charge in [0, 0.05) is 23.6 Å². The van der Waals surface area contributed by atoms with Gasteiger partial charge in [-0.25, -0.2) is 8.42 Å². The number of sulfone groups is 1. The van der Waals surface area contributed by atoms with Crippen molar-refractivity contribution in [2.75, 3.05) is 0 Å². The molecule has 32 heavy (non-hydrogen) atoms. The van der Waals surface area contributed by atoms with Crippen LogP contribution in [-0.4, -0.2) is 20.6 Å². The van der Waals surface area contributed by atoms with Gasteiger partial charge in [-0.3, -0.25) is 4.79 Å². The molecule has 0 bridgehead atoms. The van der Waals surface area contributed by atoms with Crippen molar-refractivity contribution in [1.29, 1.82) is 0 Å². The minimum absolute atomic E-state index is 0.0121. The van der Waals surface area contributed by atoms with E-state index in [2.05, 4.69) is 4.74 Å². The smallest absolute Gasteiger partial charge is 0.573 e. The van der Waals surface area contributed by atoms with Crippen LogP contribution in [0.15, 0.2) is 65.7 Å². The Labute approximate surface area is 186 Å². The van der Waals surface area contributed by atoms with Gasteiger partial charge in [0.15, 0.2) is 27.5 Å². The lowest BCUT2D eigenvalue weighted by atomic mass is 10.00. The minimum Gasteiger partial charge on any atom is -0.618 e. The lowest BCUT2D eigenvalue weighted by molar-refractivity contribution is -0.612. The standard InChI is InChI=1S/C21H15ClF3NO5S/c1-13-2-3-14(11-26(13)28)20(27)19-10-16(22)5-4-15(19)12-32(29,30)18-8-6-17(7-9-18)31-21(23,24)25/h2-11H,12H2,1H3. The number of ketones is 1. The summed E-state index contributed by atoms with van der Waals surface area (Å²) >= 11 is 5.99. The summed E-state index contributed by atoms with van der Waals surface area (Å²) in [4.78, 5) is 12.7. The van der Waals surface area contributed by atoms with Crippen LogP contribution in [0.1, 0.15) is 27.2 Å². The second-order valence-electron chi connectivity index (χ2n) is 6.79. The highest BCUT2D eigenvalue weighted by molar-refractivity contribution is 7.90. The van der Waals surface area contributed by atoms with E-state index in [1.807, 2.05) is 0 Å². The number of carbonyl (C=O) groups excluding carboxylic acids is 1. The van der Waals surface area contributed by atoms with Gasteiger partial charge < -0.3 is 9.94 Å². The maximum absolute atomic E-state index is 13.0. The highest BCUT2D eigenvalue weighted by atomic mass is 35.5. The van der Waals surface area contributed by atoms with Crippen LogP contribution in [0.3, 0.4) is 0 Å². The van der Waals surface area contributed by atoms with Gasteiger partial charge in [-0.1, -0.05) is 17.7 Å². The number of aryl methyl sites for hydroxylation is 1.